The third kappa shape index (κ3) is 7.52. The van der Waals surface area contributed by atoms with Crippen molar-refractivity contribution < 1.29 is 0 Å². The summed E-state index contributed by atoms with van der Waals surface area (Å²) >= 11 is 6.35. The summed E-state index contributed by atoms with van der Waals surface area (Å²) < 4.78 is 0. The maximum atomic E-state index is 2.27. The molecule has 0 nitrogen and oxygen atoms in total. The zero-order valence-corrected chi connectivity index (χ0v) is 20.1. The molecule has 0 spiro atoms. The first-order valence-corrected chi connectivity index (χ1v) is 15.6. The standard InChI is InChI=1S/C24H27PS3/c1-19-4-10-22(11-5-19)16-26-25(27-17-23-12-6-20(2)7-13-23)28-18-24-14-8-21(3)9-15-24/h4-15H,16-18H2,1-3H3. The summed E-state index contributed by atoms with van der Waals surface area (Å²) in [6.45, 7) is 6.45. The van der Waals surface area contributed by atoms with E-state index >= 15 is 0 Å². The third-order valence-corrected chi connectivity index (χ3v) is 15.1. The minimum Gasteiger partial charge on any atom is -0.107 e. The van der Waals surface area contributed by atoms with E-state index in [0.29, 0.717) is 0 Å². The number of benzene rings is 3. The molecule has 0 aliphatic rings. The van der Waals surface area contributed by atoms with Gasteiger partial charge in [-0.2, -0.15) is 0 Å². The second-order valence-electron chi connectivity index (χ2n) is 7.00. The van der Waals surface area contributed by atoms with Crippen molar-refractivity contribution in [3.8, 4) is 0 Å². The van der Waals surface area contributed by atoms with Crippen molar-refractivity contribution in [3.05, 3.63) is 106 Å². The van der Waals surface area contributed by atoms with Gasteiger partial charge in [0.15, 0.2) is 0 Å². The van der Waals surface area contributed by atoms with E-state index in [1.807, 2.05) is 0 Å². The lowest BCUT2D eigenvalue weighted by atomic mass is 10.2. The zero-order valence-electron chi connectivity index (χ0n) is 16.7. The summed E-state index contributed by atoms with van der Waals surface area (Å²) in [5, 5.41) is 0. The second kappa shape index (κ2) is 11.4. The van der Waals surface area contributed by atoms with Gasteiger partial charge in [-0.05, 0) is 37.5 Å². The second-order valence-corrected chi connectivity index (χ2v) is 16.8. The van der Waals surface area contributed by atoms with Gasteiger partial charge in [0.1, 0.15) is 0 Å². The summed E-state index contributed by atoms with van der Waals surface area (Å²) in [4.78, 5) is 0. The average molecular weight is 443 g/mol. The predicted octanol–water partition coefficient (Wildman–Crippen LogP) is 8.94. The van der Waals surface area contributed by atoms with Crippen molar-refractivity contribution in [1.82, 2.24) is 0 Å². The Morgan fingerprint density at radius 1 is 0.464 bits per heavy atom. The van der Waals surface area contributed by atoms with Crippen LogP contribution >= 0.6 is 39.7 Å². The molecule has 0 atom stereocenters. The molecule has 0 heterocycles. The molecule has 3 aromatic rings. The lowest BCUT2D eigenvalue weighted by Gasteiger charge is -2.16. The maximum absolute atomic E-state index is 2.27. The Balaban J connectivity index is 1.58. The van der Waals surface area contributed by atoms with Crippen molar-refractivity contribution >= 4 is 39.7 Å². The van der Waals surface area contributed by atoms with E-state index < -0.39 is 0 Å². The van der Waals surface area contributed by atoms with Gasteiger partial charge in [0.2, 0.25) is 0 Å². The van der Waals surface area contributed by atoms with Crippen LogP contribution in [0.1, 0.15) is 33.4 Å². The lowest BCUT2D eigenvalue weighted by molar-refractivity contribution is 1.37. The highest BCUT2D eigenvalue weighted by atomic mass is 33.4. The molecule has 0 aliphatic carbocycles. The SMILES string of the molecule is Cc1ccc(CSP(SCc2ccc(C)cc2)SCc2ccc(C)cc2)cc1. The fraction of sp³-hybridized carbons (Fsp3) is 0.250. The summed E-state index contributed by atoms with van der Waals surface area (Å²) in [5.74, 6) is 3.27. The lowest BCUT2D eigenvalue weighted by Crippen LogP contribution is -1.82. The first-order valence-electron chi connectivity index (χ1n) is 9.44. The predicted molar refractivity (Wildman–Crippen MR) is 134 cm³/mol. The van der Waals surface area contributed by atoms with Gasteiger partial charge in [0, 0.05) is 17.3 Å². The van der Waals surface area contributed by atoms with Crippen LogP contribution in [-0.2, 0) is 17.3 Å². The Bertz CT molecular complexity index is 725. The van der Waals surface area contributed by atoms with Gasteiger partial charge >= 0.3 is 0 Å². The summed E-state index contributed by atoms with van der Waals surface area (Å²) in [7, 11) is 0. The molecule has 3 aromatic carbocycles. The van der Waals surface area contributed by atoms with Crippen LogP contribution < -0.4 is 0 Å². The Kier molecular flexibility index (Phi) is 8.86. The molecule has 4 heteroatoms. The number of aryl methyl sites for hydroxylation is 3. The van der Waals surface area contributed by atoms with Crippen LogP contribution in [0.2, 0.25) is 0 Å². The molecule has 0 N–H and O–H groups in total. The van der Waals surface area contributed by atoms with E-state index in [4.69, 9.17) is 0 Å². The van der Waals surface area contributed by atoms with Crippen molar-refractivity contribution in [2.45, 2.75) is 38.0 Å². The van der Waals surface area contributed by atoms with Gasteiger partial charge in [0.05, 0.1) is 5.53 Å². The van der Waals surface area contributed by atoms with Crippen molar-refractivity contribution in [2.75, 3.05) is 0 Å². The largest absolute Gasteiger partial charge is 0.107 e. The first-order chi connectivity index (χ1) is 13.6. The van der Waals surface area contributed by atoms with Crippen LogP contribution in [0.15, 0.2) is 72.8 Å². The highest BCUT2D eigenvalue weighted by Gasteiger charge is 2.12. The summed E-state index contributed by atoms with van der Waals surface area (Å²) in [6, 6.07) is 26.9. The highest BCUT2D eigenvalue weighted by molar-refractivity contribution is 9.12. The molecule has 0 fully saturated rings. The van der Waals surface area contributed by atoms with E-state index in [1.165, 1.54) is 33.4 Å². The van der Waals surface area contributed by atoms with Crippen molar-refractivity contribution in [1.29, 1.82) is 0 Å². The molecule has 0 amide bonds. The van der Waals surface area contributed by atoms with E-state index in [9.17, 15) is 0 Å². The Morgan fingerprint density at radius 2 is 0.714 bits per heavy atom. The van der Waals surface area contributed by atoms with Crippen LogP contribution in [0.4, 0.5) is 0 Å². The highest BCUT2D eigenvalue weighted by Crippen LogP contribution is 2.72. The number of hydrogen-bond acceptors (Lipinski definition) is 3. The molecule has 0 aromatic heterocycles. The smallest absolute Gasteiger partial charge is 0.0739 e. The molecule has 0 saturated heterocycles. The number of hydrogen-bond donors (Lipinski definition) is 0. The van der Waals surface area contributed by atoms with Crippen molar-refractivity contribution in [2.24, 2.45) is 0 Å². The third-order valence-electron chi connectivity index (χ3n) is 4.37. The fourth-order valence-electron chi connectivity index (χ4n) is 2.55. The van der Waals surface area contributed by atoms with Gasteiger partial charge in [-0.15, -0.1) is 34.1 Å². The molecule has 0 radical (unpaired) electrons. The minimum absolute atomic E-state index is 0.205. The van der Waals surface area contributed by atoms with Crippen LogP contribution in [0.5, 0.6) is 0 Å². The molecule has 0 unspecified atom stereocenters. The van der Waals surface area contributed by atoms with Gasteiger partial charge < -0.3 is 0 Å². The van der Waals surface area contributed by atoms with E-state index in [1.54, 1.807) is 0 Å². The molecular formula is C24H27PS3. The monoisotopic (exact) mass is 442 g/mol. The Hall–Kier alpha value is -0.860. The number of rotatable bonds is 9. The molecule has 3 rings (SSSR count). The normalized spacial score (nSPS) is 11.1. The maximum Gasteiger partial charge on any atom is 0.0739 e. The molecule has 146 valence electrons. The molecule has 28 heavy (non-hydrogen) atoms. The van der Waals surface area contributed by atoms with E-state index in [0.717, 1.165) is 17.3 Å². The quantitative estimate of drug-likeness (QED) is 0.304. The zero-order chi connectivity index (χ0) is 19.8. The van der Waals surface area contributed by atoms with Crippen LogP contribution in [0, 0.1) is 20.8 Å². The van der Waals surface area contributed by atoms with Gasteiger partial charge in [-0.1, -0.05) is 89.5 Å². The Labute approximate surface area is 183 Å². The van der Waals surface area contributed by atoms with Crippen LogP contribution in [0.3, 0.4) is 0 Å². The molecule has 0 aliphatic heterocycles. The summed E-state index contributed by atoms with van der Waals surface area (Å²) in [5.41, 5.74) is 8.07. The van der Waals surface area contributed by atoms with Crippen LogP contribution in [0.25, 0.3) is 0 Å². The minimum atomic E-state index is -0.205. The van der Waals surface area contributed by atoms with Gasteiger partial charge in [0.25, 0.3) is 0 Å². The van der Waals surface area contributed by atoms with Gasteiger partial charge in [-0.3, -0.25) is 0 Å². The van der Waals surface area contributed by atoms with Crippen molar-refractivity contribution in [3.63, 3.8) is 0 Å². The van der Waals surface area contributed by atoms with E-state index in [-0.39, 0.29) is 5.53 Å². The fourth-order valence-corrected chi connectivity index (χ4v) is 11.9. The van der Waals surface area contributed by atoms with Gasteiger partial charge in [-0.25, -0.2) is 0 Å². The average Bonchev–Trinajstić information content (AvgIpc) is 2.71. The molecule has 0 saturated carbocycles. The van der Waals surface area contributed by atoms with E-state index in [2.05, 4.69) is 128 Å². The topological polar surface area (TPSA) is 0 Å². The Morgan fingerprint density at radius 3 is 0.964 bits per heavy atom. The summed E-state index contributed by atoms with van der Waals surface area (Å²) in [6.07, 6.45) is 0. The molecule has 0 bridgehead atoms. The van der Waals surface area contributed by atoms with Crippen LogP contribution in [-0.4, -0.2) is 0 Å². The first kappa shape index (κ1) is 21.8. The molecular weight excluding hydrogens is 415 g/mol.